The highest BCUT2D eigenvalue weighted by atomic mass is 16.5. The first-order valence-electron chi connectivity index (χ1n) is 6.25. The molecule has 0 amide bonds. The van der Waals surface area contributed by atoms with Crippen molar-refractivity contribution in [1.29, 1.82) is 0 Å². The number of nitrogens with one attached hydrogen (secondary N) is 1. The van der Waals surface area contributed by atoms with Crippen LogP contribution in [0.25, 0.3) is 0 Å². The van der Waals surface area contributed by atoms with Gasteiger partial charge in [-0.15, -0.1) is 0 Å². The summed E-state index contributed by atoms with van der Waals surface area (Å²) in [6, 6.07) is 0.348. The second kappa shape index (κ2) is 8.08. The molecule has 0 aliphatic heterocycles. The third kappa shape index (κ3) is 5.50. The lowest BCUT2D eigenvalue weighted by atomic mass is 9.92. The number of methoxy groups -OCH3 is 1. The van der Waals surface area contributed by atoms with Crippen LogP contribution in [-0.2, 0) is 4.74 Å². The van der Waals surface area contributed by atoms with Gasteiger partial charge in [-0.2, -0.15) is 0 Å². The summed E-state index contributed by atoms with van der Waals surface area (Å²) in [7, 11) is 1.75. The van der Waals surface area contributed by atoms with E-state index in [9.17, 15) is 5.11 Å². The van der Waals surface area contributed by atoms with Crippen LogP contribution in [0.1, 0.15) is 44.9 Å². The maximum atomic E-state index is 9.73. The highest BCUT2D eigenvalue weighted by Gasteiger charge is 2.21. The van der Waals surface area contributed by atoms with E-state index < -0.39 is 0 Å². The van der Waals surface area contributed by atoms with E-state index in [0.717, 1.165) is 32.4 Å². The van der Waals surface area contributed by atoms with Gasteiger partial charge < -0.3 is 15.2 Å². The molecule has 2 N–H and O–H groups in total. The second-order valence-corrected chi connectivity index (χ2v) is 4.47. The molecule has 3 heteroatoms. The highest BCUT2D eigenvalue weighted by molar-refractivity contribution is 4.79. The van der Waals surface area contributed by atoms with Crippen LogP contribution in [0.4, 0.5) is 0 Å². The summed E-state index contributed by atoms with van der Waals surface area (Å²) < 4.78 is 5.00. The summed E-state index contributed by atoms with van der Waals surface area (Å²) >= 11 is 0. The molecule has 2 atom stereocenters. The Labute approximate surface area is 93.2 Å². The quantitative estimate of drug-likeness (QED) is 0.635. The van der Waals surface area contributed by atoms with Crippen molar-refractivity contribution in [2.45, 2.75) is 57.1 Å². The van der Waals surface area contributed by atoms with E-state index in [4.69, 9.17) is 4.74 Å². The van der Waals surface area contributed by atoms with Crippen molar-refractivity contribution < 1.29 is 9.84 Å². The van der Waals surface area contributed by atoms with Gasteiger partial charge in [0.2, 0.25) is 0 Å². The van der Waals surface area contributed by atoms with Crippen LogP contribution in [0, 0.1) is 0 Å². The summed E-state index contributed by atoms with van der Waals surface area (Å²) in [5.41, 5.74) is 0. The lowest BCUT2D eigenvalue weighted by molar-refractivity contribution is 0.0908. The Balaban J connectivity index is 1.94. The smallest absolute Gasteiger partial charge is 0.0693 e. The topological polar surface area (TPSA) is 41.5 Å². The van der Waals surface area contributed by atoms with Crippen molar-refractivity contribution >= 4 is 0 Å². The molecule has 3 nitrogen and oxygen atoms in total. The summed E-state index contributed by atoms with van der Waals surface area (Å²) in [6.45, 7) is 1.90. The lowest BCUT2D eigenvalue weighted by Gasteiger charge is -2.28. The number of hydrogen-bond donors (Lipinski definition) is 2. The van der Waals surface area contributed by atoms with Gasteiger partial charge in [0.05, 0.1) is 6.10 Å². The largest absolute Gasteiger partial charge is 0.392 e. The van der Waals surface area contributed by atoms with Crippen molar-refractivity contribution in [2.75, 3.05) is 20.3 Å². The van der Waals surface area contributed by atoms with E-state index in [1.807, 2.05) is 0 Å². The first-order valence-corrected chi connectivity index (χ1v) is 6.25. The van der Waals surface area contributed by atoms with Crippen LogP contribution in [0.5, 0.6) is 0 Å². The van der Waals surface area contributed by atoms with E-state index in [1.54, 1.807) is 7.11 Å². The van der Waals surface area contributed by atoms with Gasteiger partial charge in [-0.25, -0.2) is 0 Å². The van der Waals surface area contributed by atoms with Crippen molar-refractivity contribution in [2.24, 2.45) is 0 Å². The van der Waals surface area contributed by atoms with Gasteiger partial charge in [0, 0.05) is 19.8 Å². The summed E-state index contributed by atoms with van der Waals surface area (Å²) in [5, 5.41) is 13.2. The van der Waals surface area contributed by atoms with Gasteiger partial charge in [0.25, 0.3) is 0 Å². The Kier molecular flexibility index (Phi) is 6.98. The van der Waals surface area contributed by atoms with Crippen LogP contribution < -0.4 is 5.32 Å². The number of unbranched alkanes of at least 4 members (excludes halogenated alkanes) is 2. The Bertz CT molecular complexity index is 153. The first-order chi connectivity index (χ1) is 7.34. The molecule has 1 aliphatic rings. The highest BCUT2D eigenvalue weighted by Crippen LogP contribution is 2.18. The van der Waals surface area contributed by atoms with E-state index in [2.05, 4.69) is 5.32 Å². The van der Waals surface area contributed by atoms with Crippen molar-refractivity contribution in [1.82, 2.24) is 5.32 Å². The van der Waals surface area contributed by atoms with Gasteiger partial charge >= 0.3 is 0 Å². The maximum Gasteiger partial charge on any atom is 0.0693 e. The van der Waals surface area contributed by atoms with Crippen LogP contribution in [0.2, 0.25) is 0 Å². The number of ether oxygens (including phenoxy) is 1. The predicted octanol–water partition coefficient (Wildman–Crippen LogP) is 1.70. The molecular weight excluding hydrogens is 190 g/mol. The van der Waals surface area contributed by atoms with E-state index in [-0.39, 0.29) is 6.10 Å². The summed E-state index contributed by atoms with van der Waals surface area (Å²) in [5.74, 6) is 0. The molecule has 0 saturated heterocycles. The average Bonchev–Trinajstić information content (AvgIpc) is 2.25. The van der Waals surface area contributed by atoms with Crippen molar-refractivity contribution in [3.63, 3.8) is 0 Å². The zero-order valence-corrected chi connectivity index (χ0v) is 9.87. The summed E-state index contributed by atoms with van der Waals surface area (Å²) in [4.78, 5) is 0. The zero-order valence-electron chi connectivity index (χ0n) is 9.87. The molecule has 1 aliphatic carbocycles. The van der Waals surface area contributed by atoms with Crippen molar-refractivity contribution in [3.8, 4) is 0 Å². The van der Waals surface area contributed by atoms with Crippen LogP contribution in [0.3, 0.4) is 0 Å². The fraction of sp³-hybridized carbons (Fsp3) is 1.00. The Hall–Kier alpha value is -0.120. The monoisotopic (exact) mass is 215 g/mol. The fourth-order valence-electron chi connectivity index (χ4n) is 2.19. The molecule has 0 aromatic rings. The van der Waals surface area contributed by atoms with Gasteiger partial charge in [-0.3, -0.25) is 0 Å². The molecular formula is C12H25NO2. The van der Waals surface area contributed by atoms with Gasteiger partial charge in [-0.1, -0.05) is 12.8 Å². The van der Waals surface area contributed by atoms with Gasteiger partial charge in [-0.05, 0) is 38.6 Å². The van der Waals surface area contributed by atoms with E-state index in [1.165, 1.54) is 25.7 Å². The average molecular weight is 215 g/mol. The molecule has 0 bridgehead atoms. The van der Waals surface area contributed by atoms with E-state index >= 15 is 0 Å². The molecule has 0 spiro atoms. The molecule has 1 rings (SSSR count). The Morgan fingerprint density at radius 3 is 2.73 bits per heavy atom. The maximum absolute atomic E-state index is 9.73. The Morgan fingerprint density at radius 1 is 1.20 bits per heavy atom. The second-order valence-electron chi connectivity index (χ2n) is 4.47. The molecule has 90 valence electrons. The third-order valence-electron chi connectivity index (χ3n) is 3.16. The lowest BCUT2D eigenvalue weighted by Crippen LogP contribution is -2.42. The van der Waals surface area contributed by atoms with Crippen LogP contribution in [0.15, 0.2) is 0 Å². The van der Waals surface area contributed by atoms with Crippen LogP contribution in [-0.4, -0.2) is 37.5 Å². The first kappa shape index (κ1) is 12.9. The molecule has 15 heavy (non-hydrogen) atoms. The third-order valence-corrected chi connectivity index (χ3v) is 3.16. The minimum Gasteiger partial charge on any atom is -0.392 e. The zero-order chi connectivity index (χ0) is 10.9. The number of aliphatic hydroxyl groups is 1. The molecule has 1 saturated carbocycles. The number of aliphatic hydroxyl groups excluding tert-OH is 1. The molecule has 1 fully saturated rings. The van der Waals surface area contributed by atoms with E-state index in [0.29, 0.717) is 6.04 Å². The minimum atomic E-state index is -0.113. The van der Waals surface area contributed by atoms with Gasteiger partial charge in [0.15, 0.2) is 0 Å². The van der Waals surface area contributed by atoms with Gasteiger partial charge in [0.1, 0.15) is 0 Å². The summed E-state index contributed by atoms with van der Waals surface area (Å²) in [6.07, 6.45) is 7.99. The minimum absolute atomic E-state index is 0.113. The number of rotatable bonds is 7. The van der Waals surface area contributed by atoms with Crippen LogP contribution >= 0.6 is 0 Å². The SMILES string of the molecule is COCCCCCN[C@H]1CCCC[C@@H]1O. The standard InChI is InChI=1S/C12H25NO2/c1-15-10-6-2-5-9-13-11-7-3-4-8-12(11)14/h11-14H,2-10H2,1H3/t11-,12-/m0/s1. The fourth-order valence-corrected chi connectivity index (χ4v) is 2.19. The molecule has 0 radical (unpaired) electrons. The molecule has 0 heterocycles. The molecule has 0 aromatic carbocycles. The molecule has 0 aromatic heterocycles. The Morgan fingerprint density at radius 2 is 2.00 bits per heavy atom. The van der Waals surface area contributed by atoms with Crippen molar-refractivity contribution in [3.05, 3.63) is 0 Å². The predicted molar refractivity (Wildman–Crippen MR) is 62.0 cm³/mol. The normalized spacial score (nSPS) is 26.8. The molecule has 0 unspecified atom stereocenters. The number of hydrogen-bond acceptors (Lipinski definition) is 3.